The van der Waals surface area contributed by atoms with Gasteiger partial charge in [-0.1, -0.05) is 141 Å². The number of rotatable bonds is 4. The van der Waals surface area contributed by atoms with Gasteiger partial charge in [-0.25, -0.2) is 0 Å². The second kappa shape index (κ2) is 11.4. The lowest BCUT2D eigenvalue weighted by molar-refractivity contribution is 0.660. The van der Waals surface area contributed by atoms with Crippen LogP contribution in [-0.4, -0.2) is 0 Å². The Bertz CT molecular complexity index is 3090. The van der Waals surface area contributed by atoms with Gasteiger partial charge < -0.3 is 4.90 Å². The molecule has 250 valence electrons. The first kappa shape index (κ1) is 30.4. The van der Waals surface area contributed by atoms with Crippen LogP contribution in [0.5, 0.6) is 0 Å². The lowest BCUT2D eigenvalue weighted by Crippen LogP contribution is -2.16. The van der Waals surface area contributed by atoms with E-state index in [-0.39, 0.29) is 5.41 Å². The quantitative estimate of drug-likeness (QED) is 0.166. The van der Waals surface area contributed by atoms with E-state index in [1.807, 2.05) is 11.3 Å². The monoisotopic (exact) mass is 693 g/mol. The Hall–Kier alpha value is -6.22. The summed E-state index contributed by atoms with van der Waals surface area (Å²) in [5, 5.41) is 10.4. The van der Waals surface area contributed by atoms with Crippen molar-refractivity contribution in [1.29, 1.82) is 0 Å². The van der Waals surface area contributed by atoms with E-state index in [1.165, 1.54) is 91.6 Å². The summed E-state index contributed by atoms with van der Waals surface area (Å²) >= 11 is 1.87. The standard InChI is InChI=1S/C51H35NS/c1-51(2)44-14-7-5-13-42(44)50-45(51)15-9-16-46(50)52(38-27-29-48-43(31-38)41-12-6-8-17-47(41)53-48)37-25-22-32(23-26-37)35-24-28-40-36(30-35)21-20-34-19-18-33-10-3-4-11-39(33)49(34)40/h3-31H,1-2H3. The number of thiophene rings is 1. The highest BCUT2D eigenvalue weighted by Gasteiger charge is 2.37. The topological polar surface area (TPSA) is 3.24 Å². The molecule has 2 heteroatoms. The number of nitrogens with zero attached hydrogens (tertiary/aromatic N) is 1. The van der Waals surface area contributed by atoms with E-state index in [0.717, 1.165) is 11.4 Å². The van der Waals surface area contributed by atoms with Crippen LogP contribution in [0.3, 0.4) is 0 Å². The molecule has 53 heavy (non-hydrogen) atoms. The first-order valence-electron chi connectivity index (χ1n) is 18.4. The van der Waals surface area contributed by atoms with Crippen molar-refractivity contribution in [2.24, 2.45) is 0 Å². The van der Waals surface area contributed by atoms with Crippen LogP contribution < -0.4 is 4.90 Å². The third-order valence-electron chi connectivity index (χ3n) is 11.6. The average Bonchev–Trinajstić information content (AvgIpc) is 3.69. The summed E-state index contributed by atoms with van der Waals surface area (Å²) in [6, 6.07) is 65.5. The zero-order valence-corrected chi connectivity index (χ0v) is 30.4. The smallest absolute Gasteiger partial charge is 0.0543 e. The Kier molecular flexibility index (Phi) is 6.53. The minimum Gasteiger partial charge on any atom is -0.310 e. The number of fused-ring (bicyclic) bond motifs is 11. The van der Waals surface area contributed by atoms with Crippen LogP contribution in [0.4, 0.5) is 17.1 Å². The Morgan fingerprint density at radius 2 is 1.09 bits per heavy atom. The highest BCUT2D eigenvalue weighted by Crippen LogP contribution is 2.54. The van der Waals surface area contributed by atoms with E-state index >= 15 is 0 Å². The average molecular weight is 694 g/mol. The molecule has 0 fully saturated rings. The summed E-state index contributed by atoms with van der Waals surface area (Å²) in [6.45, 7) is 4.72. The van der Waals surface area contributed by atoms with E-state index in [1.54, 1.807) is 0 Å². The third-order valence-corrected chi connectivity index (χ3v) is 12.8. The van der Waals surface area contributed by atoms with Gasteiger partial charge in [0.1, 0.15) is 0 Å². The molecule has 11 rings (SSSR count). The minimum absolute atomic E-state index is 0.0846. The lowest BCUT2D eigenvalue weighted by Gasteiger charge is -2.29. The molecular weight excluding hydrogens is 659 g/mol. The Morgan fingerprint density at radius 1 is 0.434 bits per heavy atom. The van der Waals surface area contributed by atoms with E-state index in [4.69, 9.17) is 0 Å². The SMILES string of the molecule is CC1(C)c2ccccc2-c2c(N(c3ccc(-c4ccc5c(ccc6ccc7ccccc7c65)c4)cc3)c3ccc4sc5ccccc5c4c3)cccc21. The summed E-state index contributed by atoms with van der Waals surface area (Å²) in [5.41, 5.74) is 11.2. The van der Waals surface area contributed by atoms with E-state index in [2.05, 4.69) is 195 Å². The molecule has 1 nitrogen and oxygen atoms in total. The van der Waals surface area contributed by atoms with Crippen LogP contribution in [0.15, 0.2) is 176 Å². The molecule has 1 heterocycles. The van der Waals surface area contributed by atoms with Crippen molar-refractivity contribution < 1.29 is 0 Å². The van der Waals surface area contributed by atoms with Gasteiger partial charge in [-0.3, -0.25) is 0 Å². The summed E-state index contributed by atoms with van der Waals surface area (Å²) in [7, 11) is 0. The highest BCUT2D eigenvalue weighted by atomic mass is 32.1. The van der Waals surface area contributed by atoms with Gasteiger partial charge in [-0.05, 0) is 109 Å². The van der Waals surface area contributed by atoms with Gasteiger partial charge in [0.05, 0.1) is 5.69 Å². The maximum absolute atomic E-state index is 2.48. The van der Waals surface area contributed by atoms with Crippen molar-refractivity contribution in [3.63, 3.8) is 0 Å². The van der Waals surface area contributed by atoms with Crippen molar-refractivity contribution in [3.8, 4) is 22.3 Å². The highest BCUT2D eigenvalue weighted by molar-refractivity contribution is 7.25. The molecule has 0 atom stereocenters. The van der Waals surface area contributed by atoms with Gasteiger partial charge in [0, 0.05) is 42.5 Å². The minimum atomic E-state index is -0.0846. The normalized spacial score (nSPS) is 13.2. The first-order valence-corrected chi connectivity index (χ1v) is 19.2. The van der Waals surface area contributed by atoms with Gasteiger partial charge in [-0.15, -0.1) is 11.3 Å². The van der Waals surface area contributed by atoms with E-state index < -0.39 is 0 Å². The van der Waals surface area contributed by atoms with Gasteiger partial charge in [0.2, 0.25) is 0 Å². The first-order chi connectivity index (χ1) is 26.0. The molecular formula is C51H35NS. The zero-order valence-electron chi connectivity index (χ0n) is 29.6. The van der Waals surface area contributed by atoms with Crippen molar-refractivity contribution >= 4 is 80.9 Å². The molecule has 0 N–H and O–H groups in total. The molecule has 1 aliphatic rings. The van der Waals surface area contributed by atoms with Crippen molar-refractivity contribution in [2.75, 3.05) is 4.90 Å². The predicted octanol–water partition coefficient (Wildman–Crippen LogP) is 15.0. The molecule has 0 saturated carbocycles. The van der Waals surface area contributed by atoms with Crippen molar-refractivity contribution in [2.45, 2.75) is 19.3 Å². The summed E-state index contributed by atoms with van der Waals surface area (Å²) in [4.78, 5) is 2.48. The molecule has 1 aromatic heterocycles. The largest absolute Gasteiger partial charge is 0.310 e. The predicted molar refractivity (Wildman–Crippen MR) is 230 cm³/mol. The van der Waals surface area contributed by atoms with Crippen molar-refractivity contribution in [3.05, 3.63) is 187 Å². The Morgan fingerprint density at radius 3 is 1.98 bits per heavy atom. The van der Waals surface area contributed by atoms with Crippen LogP contribution in [0, 0.1) is 0 Å². The fourth-order valence-electron chi connectivity index (χ4n) is 9.02. The second-order valence-electron chi connectivity index (χ2n) is 14.9. The number of benzene rings is 9. The van der Waals surface area contributed by atoms with Crippen molar-refractivity contribution in [1.82, 2.24) is 0 Å². The fraction of sp³-hybridized carbons (Fsp3) is 0.0588. The van der Waals surface area contributed by atoms with Crippen LogP contribution in [0.2, 0.25) is 0 Å². The maximum atomic E-state index is 2.48. The summed E-state index contributed by atoms with van der Waals surface area (Å²) in [5.74, 6) is 0. The van der Waals surface area contributed by atoms with Crippen LogP contribution in [0.25, 0.3) is 74.7 Å². The number of anilines is 3. The second-order valence-corrected chi connectivity index (χ2v) is 16.0. The summed E-state index contributed by atoms with van der Waals surface area (Å²) < 4.78 is 2.63. The van der Waals surface area contributed by atoms with Crippen LogP contribution in [-0.2, 0) is 5.41 Å². The molecule has 0 bridgehead atoms. The molecule has 10 aromatic rings. The van der Waals surface area contributed by atoms with Crippen LogP contribution in [0.1, 0.15) is 25.0 Å². The lowest BCUT2D eigenvalue weighted by atomic mass is 9.82. The summed E-state index contributed by atoms with van der Waals surface area (Å²) in [6.07, 6.45) is 0. The molecule has 0 saturated heterocycles. The zero-order chi connectivity index (χ0) is 35.3. The number of hydrogen-bond acceptors (Lipinski definition) is 2. The number of hydrogen-bond donors (Lipinski definition) is 0. The molecule has 0 unspecified atom stereocenters. The molecule has 0 amide bonds. The fourth-order valence-corrected chi connectivity index (χ4v) is 10.1. The Balaban J connectivity index is 1.07. The Labute approximate surface area is 313 Å². The third kappa shape index (κ3) is 4.56. The molecule has 0 spiro atoms. The van der Waals surface area contributed by atoms with E-state index in [9.17, 15) is 0 Å². The van der Waals surface area contributed by atoms with Gasteiger partial charge in [0.15, 0.2) is 0 Å². The van der Waals surface area contributed by atoms with Crippen LogP contribution >= 0.6 is 11.3 Å². The molecule has 9 aromatic carbocycles. The molecule has 1 aliphatic carbocycles. The van der Waals surface area contributed by atoms with E-state index in [0.29, 0.717) is 0 Å². The van der Waals surface area contributed by atoms with Gasteiger partial charge >= 0.3 is 0 Å². The molecule has 0 aliphatic heterocycles. The molecule has 0 radical (unpaired) electrons. The van der Waals surface area contributed by atoms with Gasteiger partial charge in [-0.2, -0.15) is 0 Å². The van der Waals surface area contributed by atoms with Gasteiger partial charge in [0.25, 0.3) is 0 Å². The maximum Gasteiger partial charge on any atom is 0.0543 e.